The van der Waals surface area contributed by atoms with Crippen molar-refractivity contribution in [3.05, 3.63) is 15.6 Å². The Morgan fingerprint density at radius 3 is 2.53 bits per heavy atom. The maximum Gasteiger partial charge on any atom is 0.128 e. The third kappa shape index (κ3) is 3.27. The molecule has 1 aromatic heterocycles. The monoisotopic (exact) mass is 249 g/mol. The normalized spacial score (nSPS) is 17.6. The molecule has 2 heterocycles. The van der Waals surface area contributed by atoms with E-state index in [1.54, 1.807) is 11.3 Å². The summed E-state index contributed by atoms with van der Waals surface area (Å²) in [6.45, 7) is 5.36. The van der Waals surface area contributed by atoms with Crippen LogP contribution in [-0.2, 0) is 13.0 Å². The first-order valence-corrected chi connectivity index (χ1v) is 7.26. The van der Waals surface area contributed by atoms with Crippen molar-refractivity contribution < 1.29 is 0 Å². The first-order chi connectivity index (χ1) is 8.33. The van der Waals surface area contributed by atoms with E-state index in [2.05, 4.69) is 22.9 Å². The molecule has 0 atom stereocenters. The van der Waals surface area contributed by atoms with Crippen LogP contribution in [0.1, 0.15) is 48.2 Å². The maximum absolute atomic E-state index is 9.02. The highest BCUT2D eigenvalue weighted by Crippen LogP contribution is 2.21. The number of rotatable bonds is 3. The molecule has 0 N–H and O–H groups in total. The Hall–Kier alpha value is -0.920. The molecule has 0 aliphatic carbocycles. The number of aryl methyl sites for hydroxylation is 1. The standard InChI is InChI=1S/C13H19N3S/c1-2-11-12(9-14)17-13(15-11)10-16-7-5-3-4-6-8-16/h2-8,10H2,1H3. The molecule has 0 radical (unpaired) electrons. The Balaban J connectivity index is 2.02. The molecule has 0 unspecified atom stereocenters. The Bertz CT molecular complexity index is 397. The lowest BCUT2D eigenvalue weighted by Gasteiger charge is -2.17. The van der Waals surface area contributed by atoms with Crippen LogP contribution in [-0.4, -0.2) is 23.0 Å². The third-order valence-corrected chi connectivity index (χ3v) is 4.22. The summed E-state index contributed by atoms with van der Waals surface area (Å²) in [5, 5.41) is 10.1. The minimum Gasteiger partial charge on any atom is -0.297 e. The van der Waals surface area contributed by atoms with Crippen LogP contribution in [0.4, 0.5) is 0 Å². The average Bonchev–Trinajstić information content (AvgIpc) is 2.56. The molecule has 4 heteroatoms. The van der Waals surface area contributed by atoms with E-state index in [1.165, 1.54) is 38.8 Å². The Morgan fingerprint density at radius 2 is 2.00 bits per heavy atom. The SMILES string of the molecule is CCc1nc(CN2CCCCCC2)sc1C#N. The zero-order valence-electron chi connectivity index (χ0n) is 10.4. The lowest BCUT2D eigenvalue weighted by Crippen LogP contribution is -2.23. The van der Waals surface area contributed by atoms with Gasteiger partial charge in [-0.1, -0.05) is 19.8 Å². The molecule has 2 rings (SSSR count). The van der Waals surface area contributed by atoms with Gasteiger partial charge in [0.05, 0.1) is 12.2 Å². The van der Waals surface area contributed by atoms with Crippen LogP contribution in [0.3, 0.4) is 0 Å². The van der Waals surface area contributed by atoms with Gasteiger partial charge >= 0.3 is 0 Å². The van der Waals surface area contributed by atoms with Gasteiger partial charge in [-0.05, 0) is 32.4 Å². The zero-order chi connectivity index (χ0) is 12.1. The van der Waals surface area contributed by atoms with Crippen molar-refractivity contribution in [2.75, 3.05) is 13.1 Å². The quantitative estimate of drug-likeness (QED) is 0.827. The van der Waals surface area contributed by atoms with Gasteiger partial charge in [0, 0.05) is 0 Å². The predicted octanol–water partition coefficient (Wildman–Crippen LogP) is 2.95. The zero-order valence-corrected chi connectivity index (χ0v) is 11.2. The lowest BCUT2D eigenvalue weighted by molar-refractivity contribution is 0.276. The molecule has 0 spiro atoms. The molecule has 0 saturated carbocycles. The number of thiazole rings is 1. The summed E-state index contributed by atoms with van der Waals surface area (Å²) in [6.07, 6.45) is 6.18. The first-order valence-electron chi connectivity index (χ1n) is 6.44. The molecular weight excluding hydrogens is 230 g/mol. The summed E-state index contributed by atoms with van der Waals surface area (Å²) in [4.78, 5) is 7.86. The maximum atomic E-state index is 9.02. The number of nitrogens with zero attached hydrogens (tertiary/aromatic N) is 3. The highest BCUT2D eigenvalue weighted by Gasteiger charge is 2.14. The van der Waals surface area contributed by atoms with E-state index >= 15 is 0 Å². The second-order valence-electron chi connectivity index (χ2n) is 4.54. The number of likely N-dealkylation sites (tertiary alicyclic amines) is 1. The van der Waals surface area contributed by atoms with Crippen LogP contribution >= 0.6 is 11.3 Å². The number of nitriles is 1. The Kier molecular flexibility index (Phi) is 4.52. The predicted molar refractivity (Wildman–Crippen MR) is 70.0 cm³/mol. The van der Waals surface area contributed by atoms with Crippen LogP contribution in [0.15, 0.2) is 0 Å². The number of aromatic nitrogens is 1. The lowest BCUT2D eigenvalue weighted by atomic mass is 10.2. The topological polar surface area (TPSA) is 39.9 Å². The molecule has 1 saturated heterocycles. The summed E-state index contributed by atoms with van der Waals surface area (Å²) < 4.78 is 0. The second-order valence-corrected chi connectivity index (χ2v) is 5.62. The largest absolute Gasteiger partial charge is 0.297 e. The molecule has 1 fully saturated rings. The van der Waals surface area contributed by atoms with E-state index in [-0.39, 0.29) is 0 Å². The molecule has 1 aliphatic heterocycles. The molecule has 17 heavy (non-hydrogen) atoms. The van der Waals surface area contributed by atoms with Crippen molar-refractivity contribution in [1.29, 1.82) is 5.26 Å². The van der Waals surface area contributed by atoms with Gasteiger partial charge in [0.15, 0.2) is 0 Å². The van der Waals surface area contributed by atoms with E-state index < -0.39 is 0 Å². The first kappa shape index (κ1) is 12.5. The van der Waals surface area contributed by atoms with Gasteiger partial charge in [0.25, 0.3) is 0 Å². The number of hydrogen-bond acceptors (Lipinski definition) is 4. The molecule has 3 nitrogen and oxygen atoms in total. The third-order valence-electron chi connectivity index (χ3n) is 3.24. The van der Waals surface area contributed by atoms with Crippen molar-refractivity contribution in [3.63, 3.8) is 0 Å². The molecular formula is C13H19N3S. The summed E-state index contributed by atoms with van der Waals surface area (Å²) in [5.41, 5.74) is 0.974. The minimum absolute atomic E-state index is 0.803. The van der Waals surface area contributed by atoms with Crippen molar-refractivity contribution in [2.24, 2.45) is 0 Å². The van der Waals surface area contributed by atoms with E-state index in [1.807, 2.05) is 0 Å². The van der Waals surface area contributed by atoms with E-state index in [0.29, 0.717) is 0 Å². The highest BCUT2D eigenvalue weighted by atomic mass is 32.1. The van der Waals surface area contributed by atoms with Crippen LogP contribution in [0, 0.1) is 11.3 Å². The average molecular weight is 249 g/mol. The van der Waals surface area contributed by atoms with Gasteiger partial charge in [0.1, 0.15) is 16.0 Å². The van der Waals surface area contributed by atoms with E-state index in [9.17, 15) is 0 Å². The molecule has 0 amide bonds. The molecule has 1 aromatic rings. The van der Waals surface area contributed by atoms with Gasteiger partial charge in [-0.25, -0.2) is 4.98 Å². The highest BCUT2D eigenvalue weighted by molar-refractivity contribution is 7.12. The van der Waals surface area contributed by atoms with Gasteiger partial charge in [-0.3, -0.25) is 4.90 Å². The van der Waals surface area contributed by atoms with Crippen LogP contribution in [0.5, 0.6) is 0 Å². The van der Waals surface area contributed by atoms with Crippen molar-refractivity contribution >= 4 is 11.3 Å². The summed E-state index contributed by atoms with van der Waals surface area (Å²) in [7, 11) is 0. The molecule has 1 aliphatic rings. The fraction of sp³-hybridized carbons (Fsp3) is 0.692. The summed E-state index contributed by atoms with van der Waals surface area (Å²) >= 11 is 1.57. The van der Waals surface area contributed by atoms with Gasteiger partial charge < -0.3 is 0 Å². The van der Waals surface area contributed by atoms with Crippen molar-refractivity contribution in [3.8, 4) is 6.07 Å². The van der Waals surface area contributed by atoms with Crippen molar-refractivity contribution in [1.82, 2.24) is 9.88 Å². The fourth-order valence-electron chi connectivity index (χ4n) is 2.28. The minimum atomic E-state index is 0.803. The summed E-state index contributed by atoms with van der Waals surface area (Å²) in [6, 6.07) is 2.25. The molecule has 0 aromatic carbocycles. The smallest absolute Gasteiger partial charge is 0.128 e. The molecule has 0 bridgehead atoms. The molecule has 92 valence electrons. The number of hydrogen-bond donors (Lipinski definition) is 0. The Morgan fingerprint density at radius 1 is 1.29 bits per heavy atom. The Labute approximate surface area is 107 Å². The van der Waals surface area contributed by atoms with Gasteiger partial charge in [0.2, 0.25) is 0 Å². The van der Waals surface area contributed by atoms with E-state index in [0.717, 1.165) is 28.5 Å². The fourth-order valence-corrected chi connectivity index (χ4v) is 3.27. The van der Waals surface area contributed by atoms with Crippen LogP contribution in [0.2, 0.25) is 0 Å². The van der Waals surface area contributed by atoms with Gasteiger partial charge in [-0.2, -0.15) is 5.26 Å². The second kappa shape index (κ2) is 6.13. The van der Waals surface area contributed by atoms with E-state index in [4.69, 9.17) is 5.26 Å². The van der Waals surface area contributed by atoms with Crippen LogP contribution in [0.25, 0.3) is 0 Å². The van der Waals surface area contributed by atoms with Gasteiger partial charge in [-0.15, -0.1) is 11.3 Å². The van der Waals surface area contributed by atoms with Crippen LogP contribution < -0.4 is 0 Å². The van der Waals surface area contributed by atoms with Crippen molar-refractivity contribution in [2.45, 2.75) is 45.6 Å². The summed E-state index contributed by atoms with van der Waals surface area (Å²) in [5.74, 6) is 0.